The lowest BCUT2D eigenvalue weighted by molar-refractivity contribution is 0.102. The molecule has 0 unspecified atom stereocenters. The molecule has 21 heavy (non-hydrogen) atoms. The van der Waals surface area contributed by atoms with Gasteiger partial charge < -0.3 is 15.5 Å². The second-order valence-electron chi connectivity index (χ2n) is 4.84. The summed E-state index contributed by atoms with van der Waals surface area (Å²) in [7, 11) is 0. The highest BCUT2D eigenvalue weighted by molar-refractivity contribution is 6.07. The van der Waals surface area contributed by atoms with Crippen LogP contribution >= 0.6 is 0 Å². The van der Waals surface area contributed by atoms with Gasteiger partial charge in [0.25, 0.3) is 5.91 Å². The number of amides is 1. The molecule has 0 radical (unpaired) electrons. The first-order valence-corrected chi connectivity index (χ1v) is 6.74. The van der Waals surface area contributed by atoms with Crippen LogP contribution in [0.4, 0.5) is 11.4 Å². The zero-order valence-electron chi connectivity index (χ0n) is 12.1. The number of hydrazine groups is 1. The number of nitrogen functional groups attached to an aromatic ring is 1. The van der Waals surface area contributed by atoms with Gasteiger partial charge in [0.15, 0.2) is 0 Å². The number of hydrogen-bond donors (Lipinski definition) is 3. The number of para-hydroxylation sites is 1. The smallest absolute Gasteiger partial charge is 0.257 e. The molecule has 110 valence electrons. The molecule has 1 amide bonds. The third-order valence-electron chi connectivity index (χ3n) is 2.81. The van der Waals surface area contributed by atoms with E-state index in [9.17, 15) is 4.79 Å². The molecule has 2 rings (SSSR count). The third-order valence-corrected chi connectivity index (χ3v) is 2.81. The van der Waals surface area contributed by atoms with E-state index < -0.39 is 0 Å². The number of benzene rings is 2. The van der Waals surface area contributed by atoms with E-state index in [0.29, 0.717) is 16.9 Å². The van der Waals surface area contributed by atoms with E-state index in [1.807, 2.05) is 32.0 Å². The summed E-state index contributed by atoms with van der Waals surface area (Å²) >= 11 is 0. The largest absolute Gasteiger partial charge is 0.491 e. The lowest BCUT2D eigenvalue weighted by Gasteiger charge is -2.11. The Bertz CT molecular complexity index is 609. The van der Waals surface area contributed by atoms with Gasteiger partial charge in [-0.15, -0.1) is 0 Å². The van der Waals surface area contributed by atoms with Crippen LogP contribution in [-0.4, -0.2) is 12.0 Å². The summed E-state index contributed by atoms with van der Waals surface area (Å²) in [5, 5.41) is 2.82. The summed E-state index contributed by atoms with van der Waals surface area (Å²) in [5.74, 6) is 5.95. The maximum Gasteiger partial charge on any atom is 0.257 e. The monoisotopic (exact) mass is 285 g/mol. The van der Waals surface area contributed by atoms with Crippen molar-refractivity contribution in [3.63, 3.8) is 0 Å². The van der Waals surface area contributed by atoms with E-state index in [0.717, 1.165) is 5.75 Å². The van der Waals surface area contributed by atoms with Crippen molar-refractivity contribution in [1.29, 1.82) is 0 Å². The molecule has 0 fully saturated rings. The maximum atomic E-state index is 12.2. The SMILES string of the molecule is CC(C)Oc1ccc(NC(=O)c2ccccc2NN)cc1. The molecule has 0 heterocycles. The van der Waals surface area contributed by atoms with Crippen LogP contribution in [0.5, 0.6) is 5.75 Å². The van der Waals surface area contributed by atoms with E-state index in [-0.39, 0.29) is 12.0 Å². The van der Waals surface area contributed by atoms with Gasteiger partial charge in [0.1, 0.15) is 5.75 Å². The Hall–Kier alpha value is -2.53. The summed E-state index contributed by atoms with van der Waals surface area (Å²) < 4.78 is 5.56. The number of carbonyl (C=O) groups excluding carboxylic acids is 1. The molecule has 0 saturated heterocycles. The van der Waals surface area contributed by atoms with Gasteiger partial charge in [0, 0.05) is 5.69 Å². The molecule has 0 aliphatic heterocycles. The van der Waals surface area contributed by atoms with Crippen molar-refractivity contribution < 1.29 is 9.53 Å². The quantitative estimate of drug-likeness (QED) is 0.583. The van der Waals surface area contributed by atoms with Crippen molar-refractivity contribution in [3.05, 3.63) is 54.1 Å². The molecule has 0 spiro atoms. The van der Waals surface area contributed by atoms with Crippen LogP contribution in [0.15, 0.2) is 48.5 Å². The first-order chi connectivity index (χ1) is 10.1. The predicted octanol–water partition coefficient (Wildman–Crippen LogP) is 3.01. The van der Waals surface area contributed by atoms with Crippen molar-refractivity contribution in [2.24, 2.45) is 5.84 Å². The van der Waals surface area contributed by atoms with Crippen LogP contribution in [0.1, 0.15) is 24.2 Å². The highest BCUT2D eigenvalue weighted by atomic mass is 16.5. The van der Waals surface area contributed by atoms with Crippen molar-refractivity contribution in [2.75, 3.05) is 10.7 Å². The zero-order valence-corrected chi connectivity index (χ0v) is 12.1. The molecular formula is C16H19N3O2. The number of ether oxygens (including phenoxy) is 1. The van der Waals surface area contributed by atoms with Gasteiger partial charge in [0.2, 0.25) is 0 Å². The predicted molar refractivity (Wildman–Crippen MR) is 84.4 cm³/mol. The zero-order chi connectivity index (χ0) is 15.2. The number of rotatable bonds is 5. The molecule has 0 aliphatic rings. The lowest BCUT2D eigenvalue weighted by Crippen LogP contribution is -2.17. The molecule has 0 bridgehead atoms. The Balaban J connectivity index is 2.09. The summed E-state index contributed by atoms with van der Waals surface area (Å²) in [4.78, 5) is 12.2. The minimum atomic E-state index is -0.221. The summed E-state index contributed by atoms with van der Waals surface area (Å²) in [5.41, 5.74) is 4.28. The van der Waals surface area contributed by atoms with Gasteiger partial charge in [-0.1, -0.05) is 12.1 Å². The van der Waals surface area contributed by atoms with Crippen LogP contribution < -0.4 is 21.3 Å². The van der Waals surface area contributed by atoms with Crippen LogP contribution in [0.25, 0.3) is 0 Å². The minimum absolute atomic E-state index is 0.118. The highest BCUT2D eigenvalue weighted by Crippen LogP contribution is 2.19. The second-order valence-corrected chi connectivity index (χ2v) is 4.84. The van der Waals surface area contributed by atoms with Crippen molar-refractivity contribution in [2.45, 2.75) is 20.0 Å². The molecule has 0 atom stereocenters. The van der Waals surface area contributed by atoms with Gasteiger partial charge in [-0.3, -0.25) is 10.6 Å². The Kier molecular flexibility index (Phi) is 4.79. The van der Waals surface area contributed by atoms with Gasteiger partial charge in [-0.25, -0.2) is 0 Å². The summed E-state index contributed by atoms with van der Waals surface area (Å²) in [6.07, 6.45) is 0.118. The first kappa shape index (κ1) is 14.9. The van der Waals surface area contributed by atoms with Crippen molar-refractivity contribution >= 4 is 17.3 Å². The fourth-order valence-electron chi connectivity index (χ4n) is 1.89. The van der Waals surface area contributed by atoms with Crippen molar-refractivity contribution in [3.8, 4) is 5.75 Å². The minimum Gasteiger partial charge on any atom is -0.491 e. The average molecular weight is 285 g/mol. The van der Waals surface area contributed by atoms with Gasteiger partial charge in [0.05, 0.1) is 17.4 Å². The standard InChI is InChI=1S/C16H19N3O2/c1-11(2)21-13-9-7-12(8-10-13)18-16(20)14-5-3-4-6-15(14)19-17/h3-11,19H,17H2,1-2H3,(H,18,20). The van der Waals surface area contributed by atoms with Crippen LogP contribution in [-0.2, 0) is 0 Å². The molecular weight excluding hydrogens is 266 g/mol. The number of hydrogen-bond acceptors (Lipinski definition) is 4. The first-order valence-electron chi connectivity index (χ1n) is 6.74. The van der Waals surface area contributed by atoms with E-state index in [4.69, 9.17) is 10.6 Å². The Morgan fingerprint density at radius 1 is 1.10 bits per heavy atom. The number of nitrogens with two attached hydrogens (primary N) is 1. The van der Waals surface area contributed by atoms with Crippen LogP contribution in [0, 0.1) is 0 Å². The van der Waals surface area contributed by atoms with E-state index in [1.165, 1.54) is 0 Å². The number of anilines is 2. The van der Waals surface area contributed by atoms with Crippen molar-refractivity contribution in [1.82, 2.24) is 0 Å². The number of carbonyl (C=O) groups is 1. The molecule has 2 aromatic rings. The fourth-order valence-corrected chi connectivity index (χ4v) is 1.89. The summed E-state index contributed by atoms with van der Waals surface area (Å²) in [6, 6.07) is 14.3. The lowest BCUT2D eigenvalue weighted by atomic mass is 10.1. The highest BCUT2D eigenvalue weighted by Gasteiger charge is 2.10. The number of nitrogens with one attached hydrogen (secondary N) is 2. The Morgan fingerprint density at radius 3 is 2.38 bits per heavy atom. The fraction of sp³-hybridized carbons (Fsp3) is 0.188. The normalized spacial score (nSPS) is 10.3. The Labute approximate surface area is 124 Å². The van der Waals surface area contributed by atoms with Crippen LogP contribution in [0.3, 0.4) is 0 Å². The topological polar surface area (TPSA) is 76.4 Å². The van der Waals surface area contributed by atoms with Crippen LogP contribution in [0.2, 0.25) is 0 Å². The van der Waals surface area contributed by atoms with E-state index in [2.05, 4.69) is 10.7 Å². The van der Waals surface area contributed by atoms with E-state index >= 15 is 0 Å². The second kappa shape index (κ2) is 6.76. The maximum absolute atomic E-state index is 12.2. The third kappa shape index (κ3) is 3.97. The molecule has 2 aromatic carbocycles. The molecule has 0 saturated carbocycles. The molecule has 0 aromatic heterocycles. The van der Waals surface area contributed by atoms with Gasteiger partial charge in [-0.2, -0.15) is 0 Å². The summed E-state index contributed by atoms with van der Waals surface area (Å²) in [6.45, 7) is 3.93. The molecule has 0 aliphatic carbocycles. The molecule has 4 N–H and O–H groups in total. The van der Waals surface area contributed by atoms with E-state index in [1.54, 1.807) is 30.3 Å². The molecule has 5 heteroatoms. The molecule has 5 nitrogen and oxygen atoms in total. The van der Waals surface area contributed by atoms with Gasteiger partial charge >= 0.3 is 0 Å². The Morgan fingerprint density at radius 2 is 1.76 bits per heavy atom. The van der Waals surface area contributed by atoms with Gasteiger partial charge in [-0.05, 0) is 50.2 Å². The average Bonchev–Trinajstić information content (AvgIpc) is 2.48.